The minimum absolute atomic E-state index is 0.351. The summed E-state index contributed by atoms with van der Waals surface area (Å²) in [6.07, 6.45) is 2.39. The molecule has 2 nitrogen and oxygen atoms in total. The Morgan fingerprint density at radius 1 is 1.62 bits per heavy atom. The van der Waals surface area contributed by atoms with Gasteiger partial charge in [-0.3, -0.25) is 0 Å². The van der Waals surface area contributed by atoms with Crippen molar-refractivity contribution in [3.05, 3.63) is 16.3 Å². The summed E-state index contributed by atoms with van der Waals surface area (Å²) in [6.45, 7) is 2.15. The number of carboxylic acid groups (broad SMARTS) is 1. The Balaban J connectivity index is 2.55. The van der Waals surface area contributed by atoms with E-state index in [1.165, 1.54) is 24.2 Å². The molecule has 0 atom stereocenters. The van der Waals surface area contributed by atoms with Crippen molar-refractivity contribution in [1.82, 2.24) is 0 Å². The van der Waals surface area contributed by atoms with E-state index >= 15 is 0 Å². The van der Waals surface area contributed by atoms with Crippen molar-refractivity contribution in [3.63, 3.8) is 0 Å². The van der Waals surface area contributed by atoms with Gasteiger partial charge in [0.2, 0.25) is 0 Å². The van der Waals surface area contributed by atoms with E-state index in [9.17, 15) is 4.79 Å². The van der Waals surface area contributed by atoms with E-state index < -0.39 is 5.97 Å². The number of aromatic carboxylic acids is 1. The number of carboxylic acids is 1. The van der Waals surface area contributed by atoms with Gasteiger partial charge in [0.05, 0.1) is 0 Å². The predicted molar refractivity (Wildman–Crippen MR) is 56.4 cm³/mol. The summed E-state index contributed by atoms with van der Waals surface area (Å²) in [6, 6.07) is 0. The molecule has 1 rings (SSSR count). The van der Waals surface area contributed by atoms with Gasteiger partial charge in [-0.15, -0.1) is 0 Å². The summed E-state index contributed by atoms with van der Waals surface area (Å²) in [5.41, 5.74) is 0.515. The second-order valence-corrected chi connectivity index (χ2v) is 5.79. The molecule has 0 radical (unpaired) electrons. The van der Waals surface area contributed by atoms with Gasteiger partial charge in [-0.2, -0.15) is 0 Å². The van der Waals surface area contributed by atoms with Crippen LogP contribution >= 0.6 is 11.3 Å². The number of hydrogen-bond donors (Lipinski definition) is 1. The molecule has 1 aromatic rings. The molecule has 0 aliphatic rings. The van der Waals surface area contributed by atoms with Crippen LogP contribution in [-0.4, -0.2) is 26.0 Å². The molecule has 0 saturated heterocycles. The van der Waals surface area contributed by atoms with Gasteiger partial charge in [-0.1, -0.05) is 0 Å². The topological polar surface area (TPSA) is 37.3 Å². The first-order valence-electron chi connectivity index (χ1n) is 4.18. The van der Waals surface area contributed by atoms with Crippen molar-refractivity contribution in [1.29, 1.82) is 0 Å². The Bertz CT molecular complexity index is 283. The van der Waals surface area contributed by atoms with Crippen molar-refractivity contribution in [2.24, 2.45) is 0 Å². The maximum absolute atomic E-state index is 10.7. The zero-order valence-corrected chi connectivity index (χ0v) is 9.98. The molecule has 72 valence electrons. The van der Waals surface area contributed by atoms with Gasteiger partial charge in [-0.05, 0) is 0 Å². The summed E-state index contributed by atoms with van der Waals surface area (Å²) >= 11 is 1.84. The standard InChI is InChI=1S/C9H12O2SSe/c1-2-3-4-13-8-6-12-5-7(8)9(10)11/h5-6H,2-4H2,1H3,(H,10,11). The van der Waals surface area contributed by atoms with Gasteiger partial charge in [0, 0.05) is 0 Å². The zero-order valence-electron chi connectivity index (χ0n) is 7.45. The first-order chi connectivity index (χ1) is 6.25. The van der Waals surface area contributed by atoms with Gasteiger partial charge < -0.3 is 0 Å². The Morgan fingerprint density at radius 3 is 3.00 bits per heavy atom. The summed E-state index contributed by atoms with van der Waals surface area (Å²) in [5, 5.41) is 13.7. The maximum atomic E-state index is 10.7. The van der Waals surface area contributed by atoms with Crippen LogP contribution in [0, 0.1) is 0 Å². The molecule has 0 bridgehead atoms. The Morgan fingerprint density at radius 2 is 2.38 bits per heavy atom. The SMILES string of the molecule is CCCC[Se]c1cscc1C(=O)O. The molecule has 13 heavy (non-hydrogen) atoms. The van der Waals surface area contributed by atoms with Crippen molar-refractivity contribution in [2.45, 2.75) is 25.1 Å². The van der Waals surface area contributed by atoms with Crippen LogP contribution in [0.3, 0.4) is 0 Å². The third kappa shape index (κ3) is 3.14. The average Bonchev–Trinajstić information content (AvgIpc) is 2.53. The summed E-state index contributed by atoms with van der Waals surface area (Å²) in [5.74, 6) is -0.783. The number of rotatable bonds is 5. The van der Waals surface area contributed by atoms with Crippen LogP contribution in [-0.2, 0) is 0 Å². The van der Waals surface area contributed by atoms with E-state index in [4.69, 9.17) is 5.11 Å². The molecule has 0 aliphatic carbocycles. The van der Waals surface area contributed by atoms with Crippen LogP contribution in [0.15, 0.2) is 10.8 Å². The molecule has 1 aromatic heterocycles. The summed E-state index contributed by atoms with van der Waals surface area (Å²) < 4.78 is 1.05. The van der Waals surface area contributed by atoms with E-state index in [1.54, 1.807) is 5.38 Å². The van der Waals surface area contributed by atoms with Gasteiger partial charge in [-0.25, -0.2) is 0 Å². The third-order valence-corrected chi connectivity index (χ3v) is 5.09. The third-order valence-electron chi connectivity index (χ3n) is 1.61. The minimum atomic E-state index is -0.783. The average molecular weight is 263 g/mol. The van der Waals surface area contributed by atoms with Crippen LogP contribution in [0.4, 0.5) is 0 Å². The molecule has 0 aromatic carbocycles. The molecule has 0 spiro atoms. The fourth-order valence-electron chi connectivity index (χ4n) is 0.879. The van der Waals surface area contributed by atoms with Gasteiger partial charge in [0.15, 0.2) is 0 Å². The Hall–Kier alpha value is -0.311. The first kappa shape index (κ1) is 10.8. The van der Waals surface area contributed by atoms with Crippen LogP contribution in [0.5, 0.6) is 0 Å². The van der Waals surface area contributed by atoms with E-state index in [1.807, 2.05) is 5.38 Å². The van der Waals surface area contributed by atoms with Crippen molar-refractivity contribution < 1.29 is 9.90 Å². The molecule has 1 heterocycles. The fraction of sp³-hybridized carbons (Fsp3) is 0.444. The molecular formula is C9H12O2SSe. The number of carbonyl (C=O) groups is 1. The van der Waals surface area contributed by atoms with Crippen molar-refractivity contribution in [2.75, 3.05) is 0 Å². The second kappa shape index (κ2) is 5.43. The monoisotopic (exact) mass is 264 g/mol. The predicted octanol–water partition coefficient (Wildman–Crippen LogP) is 1.99. The normalized spacial score (nSPS) is 10.2. The van der Waals surface area contributed by atoms with Crippen molar-refractivity contribution >= 4 is 36.7 Å². The molecule has 4 heteroatoms. The first-order valence-corrected chi connectivity index (χ1v) is 7.19. The quantitative estimate of drug-likeness (QED) is 0.651. The zero-order chi connectivity index (χ0) is 9.68. The second-order valence-electron chi connectivity index (χ2n) is 2.66. The molecule has 0 saturated carbocycles. The van der Waals surface area contributed by atoms with Crippen LogP contribution < -0.4 is 4.46 Å². The number of unbranched alkanes of at least 4 members (excludes halogenated alkanes) is 1. The molecule has 0 aliphatic heterocycles. The van der Waals surface area contributed by atoms with Crippen molar-refractivity contribution in [3.8, 4) is 0 Å². The summed E-state index contributed by atoms with van der Waals surface area (Å²) in [7, 11) is 0. The fourth-order valence-corrected chi connectivity index (χ4v) is 4.58. The molecule has 0 unspecified atom stereocenters. The molecule has 1 N–H and O–H groups in total. The van der Waals surface area contributed by atoms with E-state index in [0.29, 0.717) is 20.5 Å². The van der Waals surface area contributed by atoms with Crippen LogP contribution in [0.25, 0.3) is 0 Å². The van der Waals surface area contributed by atoms with Gasteiger partial charge >= 0.3 is 88.0 Å². The van der Waals surface area contributed by atoms with Crippen LogP contribution in [0.2, 0.25) is 5.32 Å². The molecule has 0 amide bonds. The number of hydrogen-bond acceptors (Lipinski definition) is 2. The number of thiophene rings is 1. The molecular weight excluding hydrogens is 251 g/mol. The Kier molecular flexibility index (Phi) is 4.49. The summed E-state index contributed by atoms with van der Waals surface area (Å²) in [4.78, 5) is 10.7. The Labute approximate surface area is 88.1 Å². The molecule has 0 fully saturated rings. The van der Waals surface area contributed by atoms with Gasteiger partial charge in [0.1, 0.15) is 0 Å². The van der Waals surface area contributed by atoms with Crippen LogP contribution in [0.1, 0.15) is 30.1 Å². The van der Waals surface area contributed by atoms with E-state index in [-0.39, 0.29) is 0 Å². The van der Waals surface area contributed by atoms with E-state index in [2.05, 4.69) is 6.92 Å². The van der Waals surface area contributed by atoms with Gasteiger partial charge in [0.25, 0.3) is 0 Å². The van der Waals surface area contributed by atoms with E-state index in [0.717, 1.165) is 9.78 Å².